The van der Waals surface area contributed by atoms with E-state index >= 15 is 0 Å². The predicted octanol–water partition coefficient (Wildman–Crippen LogP) is 6.18. The summed E-state index contributed by atoms with van der Waals surface area (Å²) in [7, 11) is 0. The molecule has 1 heterocycles. The van der Waals surface area contributed by atoms with E-state index in [0.717, 1.165) is 0 Å². The van der Waals surface area contributed by atoms with Gasteiger partial charge in [0.2, 0.25) is 0 Å². The molecule has 7 heteroatoms. The van der Waals surface area contributed by atoms with Gasteiger partial charge in [-0.3, -0.25) is 5.32 Å². The zero-order valence-electron chi connectivity index (χ0n) is 13.4. The van der Waals surface area contributed by atoms with Gasteiger partial charge < -0.3 is 4.74 Å². The van der Waals surface area contributed by atoms with Crippen LogP contribution in [-0.2, 0) is 17.5 Å². The number of hydrogen-bond donors (Lipinski definition) is 1. The molecule has 0 fully saturated rings. The molecule has 0 saturated heterocycles. The third kappa shape index (κ3) is 4.43. The van der Waals surface area contributed by atoms with E-state index in [-0.39, 0.29) is 12.2 Å². The van der Waals surface area contributed by atoms with Crippen molar-refractivity contribution in [3.8, 4) is 11.1 Å². The molecule has 0 atom stereocenters. The number of nitrogens with one attached hydrogen (secondary N) is 1. The number of hydrogen-bond acceptors (Lipinski definition) is 3. The van der Waals surface area contributed by atoms with Crippen molar-refractivity contribution >= 4 is 23.1 Å². The van der Waals surface area contributed by atoms with E-state index in [0.29, 0.717) is 27.5 Å². The van der Waals surface area contributed by atoms with Gasteiger partial charge in [-0.2, -0.15) is 13.2 Å². The van der Waals surface area contributed by atoms with Gasteiger partial charge in [-0.15, -0.1) is 11.3 Å². The van der Waals surface area contributed by atoms with Gasteiger partial charge in [0.05, 0.1) is 0 Å². The topological polar surface area (TPSA) is 38.3 Å². The molecule has 0 aliphatic carbocycles. The quantitative estimate of drug-likeness (QED) is 0.589. The van der Waals surface area contributed by atoms with E-state index < -0.39 is 17.1 Å². The summed E-state index contributed by atoms with van der Waals surface area (Å²) >= 11 is 0.580. The number of benzene rings is 2. The molecule has 0 saturated carbocycles. The maximum absolute atomic E-state index is 13.3. The van der Waals surface area contributed by atoms with Gasteiger partial charge in [-0.25, -0.2) is 4.79 Å². The molecular weight excluding hydrogens is 363 g/mol. The Hall–Kier alpha value is -2.80. The Morgan fingerprint density at radius 3 is 2.23 bits per heavy atom. The number of carbonyl (C=O) groups excluding carboxylic acids is 1. The van der Waals surface area contributed by atoms with Crippen molar-refractivity contribution in [3.63, 3.8) is 0 Å². The summed E-state index contributed by atoms with van der Waals surface area (Å²) in [5.41, 5.74) is 1.10. The molecule has 1 N–H and O–H groups in total. The summed E-state index contributed by atoms with van der Waals surface area (Å²) in [6, 6.07) is 18.4. The summed E-state index contributed by atoms with van der Waals surface area (Å²) in [5.74, 6) is 0. The lowest BCUT2D eigenvalue weighted by Crippen LogP contribution is -2.12. The minimum Gasteiger partial charge on any atom is -0.444 e. The Kier molecular flexibility index (Phi) is 5.27. The van der Waals surface area contributed by atoms with E-state index in [1.165, 1.54) is 6.07 Å². The molecule has 1 aromatic heterocycles. The third-order valence-corrected chi connectivity index (χ3v) is 4.64. The highest BCUT2D eigenvalue weighted by Gasteiger charge is 2.36. The minimum atomic E-state index is -4.47. The normalized spacial score (nSPS) is 11.2. The number of halogens is 3. The van der Waals surface area contributed by atoms with Gasteiger partial charge in [0.1, 0.15) is 11.5 Å². The number of carbonyl (C=O) groups is 1. The predicted molar refractivity (Wildman–Crippen MR) is 95.0 cm³/mol. The van der Waals surface area contributed by atoms with Crippen LogP contribution in [0, 0.1) is 0 Å². The lowest BCUT2D eigenvalue weighted by molar-refractivity contribution is -0.133. The molecule has 3 aromatic rings. The fourth-order valence-corrected chi connectivity index (χ4v) is 3.33. The maximum Gasteiger partial charge on any atom is 0.426 e. The molecule has 134 valence electrons. The summed E-state index contributed by atoms with van der Waals surface area (Å²) < 4.78 is 45.0. The highest BCUT2D eigenvalue weighted by molar-refractivity contribution is 7.12. The molecule has 0 unspecified atom stereocenters. The van der Waals surface area contributed by atoms with Crippen molar-refractivity contribution < 1.29 is 22.7 Å². The molecule has 0 aliphatic heterocycles. The van der Waals surface area contributed by atoms with Gasteiger partial charge in [-0.1, -0.05) is 48.5 Å². The summed E-state index contributed by atoms with van der Waals surface area (Å²) in [5, 5.41) is 2.52. The zero-order chi connectivity index (χ0) is 18.6. The molecule has 0 spiro atoms. The lowest BCUT2D eigenvalue weighted by Gasteiger charge is -2.07. The number of para-hydroxylation sites is 1. The van der Waals surface area contributed by atoms with Crippen LogP contribution in [0.4, 0.5) is 23.7 Å². The average Bonchev–Trinajstić information content (AvgIpc) is 3.06. The Morgan fingerprint density at radius 2 is 1.62 bits per heavy atom. The fourth-order valence-electron chi connectivity index (χ4n) is 2.37. The second-order valence-electron chi connectivity index (χ2n) is 5.39. The van der Waals surface area contributed by atoms with E-state index in [1.807, 2.05) is 0 Å². The SMILES string of the molecule is O=C(Nc1ccccc1)OCc1cc(-c2ccccc2)c(C(F)(F)F)s1. The van der Waals surface area contributed by atoms with Crippen LogP contribution in [0.1, 0.15) is 9.75 Å². The first-order valence-electron chi connectivity index (χ1n) is 7.67. The van der Waals surface area contributed by atoms with Gasteiger partial charge in [-0.05, 0) is 23.8 Å². The molecular formula is C19H14F3NO2S. The van der Waals surface area contributed by atoms with Crippen molar-refractivity contribution in [2.24, 2.45) is 0 Å². The Balaban J connectivity index is 1.74. The van der Waals surface area contributed by atoms with E-state index in [2.05, 4.69) is 5.32 Å². The second kappa shape index (κ2) is 7.61. The first-order chi connectivity index (χ1) is 12.4. The van der Waals surface area contributed by atoms with Crippen LogP contribution >= 0.6 is 11.3 Å². The van der Waals surface area contributed by atoms with Crippen LogP contribution in [0.3, 0.4) is 0 Å². The van der Waals surface area contributed by atoms with Crippen molar-refractivity contribution in [3.05, 3.63) is 76.5 Å². The Labute approximate surface area is 152 Å². The third-order valence-electron chi connectivity index (χ3n) is 3.49. The molecule has 3 nitrogen and oxygen atoms in total. The minimum absolute atomic E-state index is 0.0881. The van der Waals surface area contributed by atoms with E-state index in [4.69, 9.17) is 4.74 Å². The molecule has 2 aromatic carbocycles. The highest BCUT2D eigenvalue weighted by atomic mass is 32.1. The highest BCUT2D eigenvalue weighted by Crippen LogP contribution is 2.42. The number of amides is 1. The van der Waals surface area contributed by atoms with E-state index in [9.17, 15) is 18.0 Å². The zero-order valence-corrected chi connectivity index (χ0v) is 14.2. The Morgan fingerprint density at radius 1 is 1.00 bits per heavy atom. The number of alkyl halides is 3. The Bertz CT molecular complexity index is 877. The first kappa shape index (κ1) is 18.0. The smallest absolute Gasteiger partial charge is 0.426 e. The number of anilines is 1. The molecule has 0 radical (unpaired) electrons. The van der Waals surface area contributed by atoms with Crippen LogP contribution in [-0.4, -0.2) is 6.09 Å². The van der Waals surface area contributed by atoms with Crippen molar-refractivity contribution in [2.45, 2.75) is 12.8 Å². The van der Waals surface area contributed by atoms with Crippen LogP contribution < -0.4 is 5.32 Å². The van der Waals surface area contributed by atoms with Crippen LogP contribution in [0.15, 0.2) is 66.7 Å². The van der Waals surface area contributed by atoms with Crippen LogP contribution in [0.5, 0.6) is 0 Å². The first-order valence-corrected chi connectivity index (χ1v) is 8.49. The monoisotopic (exact) mass is 377 g/mol. The van der Waals surface area contributed by atoms with Crippen molar-refractivity contribution in [1.82, 2.24) is 0 Å². The maximum atomic E-state index is 13.3. The molecule has 1 amide bonds. The summed E-state index contributed by atoms with van der Waals surface area (Å²) in [4.78, 5) is 11.4. The van der Waals surface area contributed by atoms with Gasteiger partial charge in [0, 0.05) is 16.1 Å². The number of ether oxygens (including phenoxy) is 1. The average molecular weight is 377 g/mol. The van der Waals surface area contributed by atoms with Gasteiger partial charge in [0.25, 0.3) is 0 Å². The van der Waals surface area contributed by atoms with Gasteiger partial charge in [0.15, 0.2) is 0 Å². The van der Waals surface area contributed by atoms with Gasteiger partial charge >= 0.3 is 12.3 Å². The molecule has 0 bridgehead atoms. The van der Waals surface area contributed by atoms with Crippen LogP contribution in [0.2, 0.25) is 0 Å². The largest absolute Gasteiger partial charge is 0.444 e. The van der Waals surface area contributed by atoms with E-state index in [1.54, 1.807) is 60.7 Å². The molecule has 3 rings (SSSR count). The second-order valence-corrected chi connectivity index (χ2v) is 6.52. The lowest BCUT2D eigenvalue weighted by atomic mass is 10.1. The molecule has 0 aliphatic rings. The van der Waals surface area contributed by atoms with Crippen LogP contribution in [0.25, 0.3) is 11.1 Å². The van der Waals surface area contributed by atoms with Crippen molar-refractivity contribution in [1.29, 1.82) is 0 Å². The summed E-state index contributed by atoms with van der Waals surface area (Å²) in [6.45, 7) is -0.237. The fraction of sp³-hybridized carbons (Fsp3) is 0.105. The molecule has 26 heavy (non-hydrogen) atoms. The van der Waals surface area contributed by atoms with Crippen molar-refractivity contribution in [2.75, 3.05) is 5.32 Å². The number of thiophene rings is 1. The standard InChI is InChI=1S/C19H14F3NO2S/c20-19(21,22)17-16(13-7-3-1-4-8-13)11-15(26-17)12-25-18(24)23-14-9-5-2-6-10-14/h1-11H,12H2,(H,23,24). The number of rotatable bonds is 4. The summed E-state index contributed by atoms with van der Waals surface area (Å²) in [6.07, 6.45) is -5.19.